The van der Waals surface area contributed by atoms with Gasteiger partial charge in [0.15, 0.2) is 10.7 Å². The summed E-state index contributed by atoms with van der Waals surface area (Å²) in [5.74, 6) is 0.764. The Bertz CT molecular complexity index is 1750. The topological polar surface area (TPSA) is 86.3 Å². The third kappa shape index (κ3) is 5.03. The van der Waals surface area contributed by atoms with E-state index < -0.39 is 12.0 Å². The predicted molar refractivity (Wildman–Crippen MR) is 154 cm³/mol. The molecule has 1 fully saturated rings. The zero-order valence-corrected chi connectivity index (χ0v) is 23.3. The van der Waals surface area contributed by atoms with E-state index in [1.165, 1.54) is 11.3 Å². The van der Waals surface area contributed by atoms with Crippen LogP contribution in [0, 0.1) is 0 Å². The second kappa shape index (κ2) is 11.3. The van der Waals surface area contributed by atoms with Crippen molar-refractivity contribution in [3.63, 3.8) is 0 Å². The van der Waals surface area contributed by atoms with Crippen LogP contribution in [0.15, 0.2) is 86.5 Å². The highest BCUT2D eigenvalue weighted by Crippen LogP contribution is 2.35. The summed E-state index contributed by atoms with van der Waals surface area (Å²) in [5, 5.41) is 0.551. The third-order valence-corrected chi connectivity index (χ3v) is 8.00. The average molecular weight is 576 g/mol. The van der Waals surface area contributed by atoms with Crippen LogP contribution in [0.4, 0.5) is 5.88 Å². The lowest BCUT2D eigenvalue weighted by atomic mass is 9.93. The Kier molecular flexibility index (Phi) is 7.42. The van der Waals surface area contributed by atoms with Gasteiger partial charge in [-0.1, -0.05) is 65.4 Å². The molecule has 2 aromatic carbocycles. The minimum atomic E-state index is -0.759. The van der Waals surface area contributed by atoms with Gasteiger partial charge in [-0.2, -0.15) is 0 Å². The van der Waals surface area contributed by atoms with E-state index in [1.807, 2.05) is 54.6 Å². The summed E-state index contributed by atoms with van der Waals surface area (Å²) in [7, 11) is 0. The van der Waals surface area contributed by atoms with Gasteiger partial charge in [-0.15, -0.1) is 0 Å². The van der Waals surface area contributed by atoms with Crippen molar-refractivity contribution in [2.24, 2.45) is 4.99 Å². The first-order chi connectivity index (χ1) is 19.5. The van der Waals surface area contributed by atoms with Gasteiger partial charge >= 0.3 is 5.97 Å². The number of ether oxygens (including phenoxy) is 2. The van der Waals surface area contributed by atoms with E-state index in [0.717, 1.165) is 30.1 Å². The standard InChI is InChI=1S/C30H26ClN3O5S/c1-2-38-29(36)25-26(19-6-4-3-5-7-19)32-30-34(27(25)20-8-10-21(31)11-9-20)28(35)23(40-30)18-22-12-13-24(39-22)33-14-16-37-17-15-33/h3-13,18,27H,2,14-17H2,1H3/t27-/m0/s1. The van der Waals surface area contributed by atoms with Gasteiger partial charge in [-0.25, -0.2) is 9.79 Å². The molecule has 4 heterocycles. The van der Waals surface area contributed by atoms with Crippen LogP contribution in [0.5, 0.6) is 0 Å². The van der Waals surface area contributed by atoms with Gasteiger partial charge in [-0.3, -0.25) is 9.36 Å². The first kappa shape index (κ1) is 26.3. The lowest BCUT2D eigenvalue weighted by Crippen LogP contribution is -2.40. The van der Waals surface area contributed by atoms with Crippen molar-refractivity contribution in [3.05, 3.63) is 114 Å². The number of hydrogen-bond acceptors (Lipinski definition) is 8. The molecule has 1 atom stereocenters. The van der Waals surface area contributed by atoms with Crippen LogP contribution in [0.1, 0.15) is 29.9 Å². The molecule has 0 aliphatic carbocycles. The fraction of sp³-hybridized carbons (Fsp3) is 0.233. The van der Waals surface area contributed by atoms with E-state index in [1.54, 1.807) is 29.7 Å². The first-order valence-electron chi connectivity index (χ1n) is 13.0. The lowest BCUT2D eigenvalue weighted by Gasteiger charge is -2.26. The molecule has 4 aromatic rings. The molecule has 8 nitrogen and oxygen atoms in total. The summed E-state index contributed by atoms with van der Waals surface area (Å²) >= 11 is 7.44. The zero-order chi connectivity index (χ0) is 27.6. The second-order valence-electron chi connectivity index (χ2n) is 9.26. The van der Waals surface area contributed by atoms with Crippen molar-refractivity contribution in [2.75, 3.05) is 37.8 Å². The van der Waals surface area contributed by atoms with Crippen LogP contribution < -0.4 is 19.8 Å². The largest absolute Gasteiger partial charge is 0.463 e. The van der Waals surface area contributed by atoms with Gasteiger partial charge in [0.25, 0.3) is 5.56 Å². The molecule has 0 radical (unpaired) electrons. The van der Waals surface area contributed by atoms with Crippen LogP contribution in [0.2, 0.25) is 5.02 Å². The average Bonchev–Trinajstić information content (AvgIpc) is 3.58. The maximum Gasteiger partial charge on any atom is 0.338 e. The molecule has 0 unspecified atom stereocenters. The number of thiazole rings is 1. The highest BCUT2D eigenvalue weighted by atomic mass is 35.5. The number of fused-ring (bicyclic) bond motifs is 1. The molecule has 204 valence electrons. The summed E-state index contributed by atoms with van der Waals surface area (Å²) in [6.07, 6.45) is 1.73. The number of furan rings is 1. The summed E-state index contributed by atoms with van der Waals surface area (Å²) in [5.41, 5.74) is 1.96. The minimum absolute atomic E-state index is 0.187. The lowest BCUT2D eigenvalue weighted by molar-refractivity contribution is -0.138. The number of esters is 1. The van der Waals surface area contributed by atoms with Gasteiger partial charge in [-0.05, 0) is 30.7 Å². The van der Waals surface area contributed by atoms with Crippen LogP contribution in [-0.2, 0) is 14.3 Å². The Morgan fingerprint density at radius 3 is 2.58 bits per heavy atom. The van der Waals surface area contributed by atoms with Gasteiger partial charge in [0.05, 0.1) is 41.7 Å². The minimum Gasteiger partial charge on any atom is -0.463 e. The van der Waals surface area contributed by atoms with Crippen LogP contribution in [0.3, 0.4) is 0 Å². The molecule has 1 saturated heterocycles. The normalized spacial score (nSPS) is 17.5. The van der Waals surface area contributed by atoms with Crippen LogP contribution >= 0.6 is 22.9 Å². The van der Waals surface area contributed by atoms with E-state index in [4.69, 9.17) is 30.5 Å². The number of anilines is 1. The Labute approximate surface area is 239 Å². The molecule has 2 aliphatic heterocycles. The first-order valence-corrected chi connectivity index (χ1v) is 14.2. The molecular formula is C30H26ClN3O5S. The molecule has 0 spiro atoms. The van der Waals surface area contributed by atoms with Gasteiger partial charge in [0.1, 0.15) is 5.76 Å². The quantitative estimate of drug-likeness (QED) is 0.323. The summed E-state index contributed by atoms with van der Waals surface area (Å²) in [6.45, 7) is 4.72. The second-order valence-corrected chi connectivity index (χ2v) is 10.7. The third-order valence-electron chi connectivity index (χ3n) is 6.77. The van der Waals surface area contributed by atoms with Gasteiger partial charge < -0.3 is 18.8 Å². The number of morpholine rings is 1. The summed E-state index contributed by atoms with van der Waals surface area (Å²) in [6, 6.07) is 19.6. The van der Waals surface area contributed by atoms with E-state index >= 15 is 0 Å². The number of carbonyl (C=O) groups is 1. The highest BCUT2D eigenvalue weighted by molar-refractivity contribution is 7.07. The molecule has 0 amide bonds. The molecular weight excluding hydrogens is 550 g/mol. The van der Waals surface area contributed by atoms with Crippen molar-refractivity contribution in [2.45, 2.75) is 13.0 Å². The number of rotatable bonds is 6. The zero-order valence-electron chi connectivity index (χ0n) is 21.7. The molecule has 0 saturated carbocycles. The van der Waals surface area contributed by atoms with Crippen molar-refractivity contribution < 1.29 is 18.7 Å². The molecule has 40 heavy (non-hydrogen) atoms. The highest BCUT2D eigenvalue weighted by Gasteiger charge is 2.35. The van der Waals surface area contributed by atoms with Gasteiger partial charge in [0, 0.05) is 35.8 Å². The van der Waals surface area contributed by atoms with Crippen molar-refractivity contribution in [1.29, 1.82) is 0 Å². The monoisotopic (exact) mass is 575 g/mol. The Morgan fingerprint density at radius 1 is 1.10 bits per heavy atom. The molecule has 6 rings (SSSR count). The Balaban J connectivity index is 1.54. The fourth-order valence-corrected chi connectivity index (χ4v) is 6.01. The van der Waals surface area contributed by atoms with E-state index in [0.29, 0.717) is 44.6 Å². The van der Waals surface area contributed by atoms with Crippen LogP contribution in [0.25, 0.3) is 11.8 Å². The van der Waals surface area contributed by atoms with Crippen molar-refractivity contribution >= 4 is 46.6 Å². The Morgan fingerprint density at radius 2 is 1.85 bits per heavy atom. The Hall–Kier alpha value is -3.92. The fourth-order valence-electron chi connectivity index (χ4n) is 4.90. The van der Waals surface area contributed by atoms with E-state index in [9.17, 15) is 9.59 Å². The van der Waals surface area contributed by atoms with Crippen molar-refractivity contribution in [3.8, 4) is 0 Å². The van der Waals surface area contributed by atoms with Gasteiger partial charge in [0.2, 0.25) is 0 Å². The number of aromatic nitrogens is 1. The number of hydrogen-bond donors (Lipinski definition) is 0. The van der Waals surface area contributed by atoms with E-state index in [-0.39, 0.29) is 12.2 Å². The maximum atomic E-state index is 14.0. The molecule has 0 N–H and O–H groups in total. The molecule has 0 bridgehead atoms. The molecule has 2 aromatic heterocycles. The summed E-state index contributed by atoms with van der Waals surface area (Å²) < 4.78 is 19.0. The SMILES string of the molecule is CCOC(=O)C1=C(c2ccccc2)N=c2sc(=Cc3ccc(N4CCOCC4)o3)c(=O)n2[C@H]1c1ccc(Cl)cc1. The smallest absolute Gasteiger partial charge is 0.338 e. The van der Waals surface area contributed by atoms with Crippen molar-refractivity contribution in [1.82, 2.24) is 4.57 Å². The predicted octanol–water partition coefficient (Wildman–Crippen LogP) is 4.02. The number of benzene rings is 2. The summed E-state index contributed by atoms with van der Waals surface area (Å²) in [4.78, 5) is 34.9. The maximum absolute atomic E-state index is 14.0. The molecule has 10 heteroatoms. The van der Waals surface area contributed by atoms with Crippen LogP contribution in [-0.4, -0.2) is 43.4 Å². The number of nitrogens with zero attached hydrogens (tertiary/aromatic N) is 3. The molecule has 2 aliphatic rings. The van der Waals surface area contributed by atoms with E-state index in [2.05, 4.69) is 4.90 Å². The number of halogens is 1. The number of carbonyl (C=O) groups excluding carboxylic acids is 1.